The predicted octanol–water partition coefficient (Wildman–Crippen LogP) is 2.31. The van der Waals surface area contributed by atoms with E-state index in [1.165, 1.54) is 0 Å². The molecular formula is C19H20N4O2. The molecule has 6 heteroatoms. The summed E-state index contributed by atoms with van der Waals surface area (Å²) in [6.45, 7) is 3.10. The molecule has 4 rings (SSSR count). The summed E-state index contributed by atoms with van der Waals surface area (Å²) in [5.41, 5.74) is 3.31. The fraction of sp³-hybridized carbons (Fsp3) is 0.263. The summed E-state index contributed by atoms with van der Waals surface area (Å²) in [4.78, 5) is 32.7. The second kappa shape index (κ2) is 6.12. The number of aryl methyl sites for hydroxylation is 1. The molecule has 0 saturated carbocycles. The summed E-state index contributed by atoms with van der Waals surface area (Å²) in [5, 5.41) is 4.08. The molecular weight excluding hydrogens is 316 g/mol. The number of rotatable bonds is 4. The lowest BCUT2D eigenvalue weighted by Gasteiger charge is -2.39. The number of likely N-dealkylation sites (tertiary alicyclic amines) is 1. The number of H-pyrrole nitrogens is 2. The third kappa shape index (κ3) is 2.80. The fourth-order valence-corrected chi connectivity index (χ4v) is 3.26. The van der Waals surface area contributed by atoms with Gasteiger partial charge in [-0.25, -0.2) is 0 Å². The Morgan fingerprint density at radius 1 is 1.24 bits per heavy atom. The topological polar surface area (TPSA) is 81.0 Å². The number of nitrogens with one attached hydrogen (secondary N) is 3. The van der Waals surface area contributed by atoms with Crippen molar-refractivity contribution < 1.29 is 9.59 Å². The van der Waals surface area contributed by atoms with Gasteiger partial charge in [-0.2, -0.15) is 0 Å². The van der Waals surface area contributed by atoms with Crippen molar-refractivity contribution in [1.29, 1.82) is 0 Å². The van der Waals surface area contributed by atoms with E-state index in [9.17, 15) is 9.59 Å². The van der Waals surface area contributed by atoms with E-state index in [-0.39, 0.29) is 17.9 Å². The van der Waals surface area contributed by atoms with E-state index >= 15 is 0 Å². The Hall–Kier alpha value is -3.02. The molecule has 128 valence electrons. The Labute approximate surface area is 145 Å². The minimum atomic E-state index is -0.0806. The molecule has 25 heavy (non-hydrogen) atoms. The molecule has 2 aromatic heterocycles. The largest absolute Gasteiger partial charge is 0.367 e. The van der Waals surface area contributed by atoms with Crippen LogP contribution in [0.4, 0.5) is 0 Å². The van der Waals surface area contributed by atoms with Crippen molar-refractivity contribution >= 4 is 22.7 Å². The van der Waals surface area contributed by atoms with Gasteiger partial charge in [-0.15, -0.1) is 0 Å². The van der Waals surface area contributed by atoms with Crippen LogP contribution in [-0.2, 0) is 6.42 Å². The highest BCUT2D eigenvalue weighted by atomic mass is 16.2. The zero-order valence-corrected chi connectivity index (χ0v) is 14.0. The van der Waals surface area contributed by atoms with Crippen LogP contribution >= 0.6 is 0 Å². The van der Waals surface area contributed by atoms with Crippen LogP contribution in [0.25, 0.3) is 10.9 Å². The summed E-state index contributed by atoms with van der Waals surface area (Å²) in [5.74, 6) is -0.0825. The summed E-state index contributed by atoms with van der Waals surface area (Å²) in [6.07, 6.45) is 6.24. The lowest BCUT2D eigenvalue weighted by atomic mass is 10.0. The lowest BCUT2D eigenvalue weighted by Crippen LogP contribution is -2.61. The molecule has 0 unspecified atom stereocenters. The monoisotopic (exact) mass is 336 g/mol. The van der Waals surface area contributed by atoms with Gasteiger partial charge in [0.2, 0.25) is 0 Å². The van der Waals surface area contributed by atoms with Crippen molar-refractivity contribution in [2.75, 3.05) is 13.1 Å². The smallest absolute Gasteiger partial charge is 0.254 e. The lowest BCUT2D eigenvalue weighted by molar-refractivity contribution is 0.0542. The molecule has 3 N–H and O–H groups in total. The Morgan fingerprint density at radius 2 is 2.08 bits per heavy atom. The molecule has 0 atom stereocenters. The van der Waals surface area contributed by atoms with E-state index in [0.717, 1.165) is 22.9 Å². The standard InChI is InChI=1S/C19H20N4O2/c1-2-12-8-20-9-16(12)18(24)22-15-10-23(11-15)19(25)14-4-3-13-5-6-21-17(13)7-14/h3-9,15,20-21H,2,10-11H2,1H3,(H,22,24). The highest BCUT2D eigenvalue weighted by molar-refractivity contribution is 5.99. The van der Waals surface area contributed by atoms with Gasteiger partial charge in [0, 0.05) is 42.8 Å². The molecule has 0 bridgehead atoms. The van der Waals surface area contributed by atoms with E-state index in [1.54, 1.807) is 11.1 Å². The first-order valence-electron chi connectivity index (χ1n) is 8.48. The van der Waals surface area contributed by atoms with Crippen LogP contribution < -0.4 is 5.32 Å². The van der Waals surface area contributed by atoms with Gasteiger partial charge >= 0.3 is 0 Å². The van der Waals surface area contributed by atoms with Crippen molar-refractivity contribution in [3.8, 4) is 0 Å². The number of amides is 2. The number of benzene rings is 1. The first kappa shape index (κ1) is 15.5. The van der Waals surface area contributed by atoms with Crippen LogP contribution in [0, 0.1) is 0 Å². The molecule has 3 heterocycles. The predicted molar refractivity (Wildman–Crippen MR) is 95.6 cm³/mol. The van der Waals surface area contributed by atoms with Crippen molar-refractivity contribution in [1.82, 2.24) is 20.2 Å². The second-order valence-electron chi connectivity index (χ2n) is 6.41. The Bertz CT molecular complexity index is 934. The minimum Gasteiger partial charge on any atom is -0.367 e. The number of hydrogen-bond acceptors (Lipinski definition) is 2. The summed E-state index contributed by atoms with van der Waals surface area (Å²) in [7, 11) is 0. The molecule has 0 radical (unpaired) electrons. The molecule has 1 aromatic carbocycles. The molecule has 1 fully saturated rings. The van der Waals surface area contributed by atoms with Gasteiger partial charge in [0.25, 0.3) is 11.8 Å². The van der Waals surface area contributed by atoms with E-state index in [0.29, 0.717) is 24.2 Å². The maximum Gasteiger partial charge on any atom is 0.254 e. The van der Waals surface area contributed by atoms with Crippen molar-refractivity contribution in [2.24, 2.45) is 0 Å². The van der Waals surface area contributed by atoms with Gasteiger partial charge in [0.05, 0.1) is 11.6 Å². The van der Waals surface area contributed by atoms with E-state index in [4.69, 9.17) is 0 Å². The van der Waals surface area contributed by atoms with E-state index < -0.39 is 0 Å². The molecule has 1 saturated heterocycles. The summed E-state index contributed by atoms with van der Waals surface area (Å²) >= 11 is 0. The minimum absolute atomic E-state index is 0.00195. The number of fused-ring (bicyclic) bond motifs is 1. The van der Waals surface area contributed by atoms with Gasteiger partial charge in [0.1, 0.15) is 0 Å². The summed E-state index contributed by atoms with van der Waals surface area (Å²) < 4.78 is 0. The summed E-state index contributed by atoms with van der Waals surface area (Å²) in [6, 6.07) is 7.64. The first-order valence-corrected chi connectivity index (χ1v) is 8.48. The maximum absolute atomic E-state index is 12.5. The van der Waals surface area contributed by atoms with Crippen LogP contribution in [0.3, 0.4) is 0 Å². The van der Waals surface area contributed by atoms with Crippen molar-refractivity contribution in [3.63, 3.8) is 0 Å². The van der Waals surface area contributed by atoms with E-state index in [1.807, 2.05) is 43.6 Å². The highest BCUT2D eigenvalue weighted by Crippen LogP contribution is 2.19. The molecule has 0 spiro atoms. The SMILES string of the molecule is CCc1c[nH]cc1C(=O)NC1CN(C(=O)c2ccc3cc[nH]c3c2)C1. The van der Waals surface area contributed by atoms with Crippen LogP contribution in [-0.4, -0.2) is 45.8 Å². The number of aromatic amines is 2. The molecule has 1 aliphatic heterocycles. The van der Waals surface area contributed by atoms with Crippen LogP contribution in [0.2, 0.25) is 0 Å². The third-order valence-corrected chi connectivity index (χ3v) is 4.76. The van der Waals surface area contributed by atoms with Crippen molar-refractivity contribution in [2.45, 2.75) is 19.4 Å². The number of hydrogen-bond donors (Lipinski definition) is 3. The Kier molecular flexibility index (Phi) is 3.80. The Balaban J connectivity index is 1.36. The maximum atomic E-state index is 12.5. The Morgan fingerprint density at radius 3 is 2.88 bits per heavy atom. The van der Waals surface area contributed by atoms with Gasteiger partial charge in [-0.1, -0.05) is 13.0 Å². The van der Waals surface area contributed by atoms with Crippen LogP contribution in [0.5, 0.6) is 0 Å². The van der Waals surface area contributed by atoms with Gasteiger partial charge in [-0.05, 0) is 35.6 Å². The van der Waals surface area contributed by atoms with Gasteiger partial charge in [0.15, 0.2) is 0 Å². The fourth-order valence-electron chi connectivity index (χ4n) is 3.26. The zero-order valence-electron chi connectivity index (χ0n) is 14.0. The molecule has 1 aliphatic rings. The quantitative estimate of drug-likeness (QED) is 0.683. The number of aromatic nitrogens is 2. The molecule has 0 aliphatic carbocycles. The molecule has 6 nitrogen and oxygen atoms in total. The van der Waals surface area contributed by atoms with Gasteiger partial charge < -0.3 is 20.2 Å². The van der Waals surface area contributed by atoms with Gasteiger partial charge in [-0.3, -0.25) is 9.59 Å². The highest BCUT2D eigenvalue weighted by Gasteiger charge is 2.32. The first-order chi connectivity index (χ1) is 12.2. The van der Waals surface area contributed by atoms with Crippen LogP contribution in [0.15, 0.2) is 42.9 Å². The number of nitrogens with zero attached hydrogens (tertiary/aromatic N) is 1. The molecule has 2 amide bonds. The normalized spacial score (nSPS) is 14.5. The molecule has 3 aromatic rings. The number of carbonyl (C=O) groups is 2. The van der Waals surface area contributed by atoms with Crippen molar-refractivity contribution in [3.05, 3.63) is 59.5 Å². The average molecular weight is 336 g/mol. The average Bonchev–Trinajstić information content (AvgIpc) is 3.24. The second-order valence-corrected chi connectivity index (χ2v) is 6.41. The number of carbonyl (C=O) groups excluding carboxylic acids is 2. The zero-order chi connectivity index (χ0) is 17.4. The van der Waals surface area contributed by atoms with E-state index in [2.05, 4.69) is 15.3 Å². The third-order valence-electron chi connectivity index (χ3n) is 4.76. The van der Waals surface area contributed by atoms with Crippen LogP contribution in [0.1, 0.15) is 33.2 Å².